The van der Waals surface area contributed by atoms with E-state index in [0.29, 0.717) is 16.3 Å². The maximum atomic E-state index is 12.5. The number of anilines is 1. The average Bonchev–Trinajstić information content (AvgIpc) is 2.53. The highest BCUT2D eigenvalue weighted by atomic mass is 35.5. The number of aromatic amines is 2. The van der Waals surface area contributed by atoms with Gasteiger partial charge in [0.25, 0.3) is 5.56 Å². The number of aromatic nitrogens is 2. The Bertz CT molecular complexity index is 990. The van der Waals surface area contributed by atoms with Gasteiger partial charge in [0.15, 0.2) is 0 Å². The Morgan fingerprint density at radius 2 is 1.96 bits per heavy atom. The Hall–Kier alpha value is -2.80. The van der Waals surface area contributed by atoms with Crippen LogP contribution in [0.5, 0.6) is 0 Å². The van der Waals surface area contributed by atoms with Crippen LogP contribution >= 0.6 is 11.6 Å². The average molecular weight is 362 g/mol. The number of hydrogen-bond acceptors (Lipinski definition) is 5. The van der Waals surface area contributed by atoms with Gasteiger partial charge in [0.05, 0.1) is 23.7 Å². The number of allylic oxidation sites excluding steroid dienone is 1. The van der Waals surface area contributed by atoms with Gasteiger partial charge in [0.1, 0.15) is 5.82 Å². The summed E-state index contributed by atoms with van der Waals surface area (Å²) in [6, 6.07) is 6.93. The fourth-order valence-corrected chi connectivity index (χ4v) is 3.23. The Balaban J connectivity index is 2.32. The van der Waals surface area contributed by atoms with Crippen molar-refractivity contribution < 1.29 is 9.53 Å². The molecular weight excluding hydrogens is 346 g/mol. The van der Waals surface area contributed by atoms with Gasteiger partial charge in [-0.25, -0.2) is 9.59 Å². The van der Waals surface area contributed by atoms with Gasteiger partial charge in [-0.05, 0) is 25.5 Å². The lowest BCUT2D eigenvalue weighted by Gasteiger charge is -2.29. The normalized spacial score (nSPS) is 16.2. The topological polar surface area (TPSA) is 104 Å². The first-order chi connectivity index (χ1) is 11.9. The number of H-pyrrole nitrogens is 2. The second-order valence-corrected chi connectivity index (χ2v) is 5.94. The van der Waals surface area contributed by atoms with E-state index in [1.165, 1.54) is 0 Å². The van der Waals surface area contributed by atoms with E-state index in [9.17, 15) is 14.4 Å². The molecule has 0 fully saturated rings. The van der Waals surface area contributed by atoms with Crippen LogP contribution in [0.3, 0.4) is 0 Å². The van der Waals surface area contributed by atoms with E-state index in [2.05, 4.69) is 15.3 Å². The molecule has 0 spiro atoms. The molecule has 2 heterocycles. The first kappa shape index (κ1) is 17.0. The van der Waals surface area contributed by atoms with E-state index in [4.69, 9.17) is 16.3 Å². The molecule has 130 valence electrons. The third-order valence-corrected chi connectivity index (χ3v) is 4.33. The summed E-state index contributed by atoms with van der Waals surface area (Å²) in [6.07, 6.45) is 0. The van der Waals surface area contributed by atoms with Gasteiger partial charge in [-0.2, -0.15) is 0 Å². The highest BCUT2D eigenvalue weighted by Crippen LogP contribution is 2.41. The summed E-state index contributed by atoms with van der Waals surface area (Å²) in [6.45, 7) is 3.57. The standard InChI is InChI=1S/C17H16ClN3O4/c1-3-25-16(23)11-8(2)19-14-13(15(22)21-17(24)20-14)12(11)9-6-4-5-7-10(9)18/h4-7,12H,3H2,1-2H3,(H3,19,20,21,22,24). The van der Waals surface area contributed by atoms with Crippen molar-refractivity contribution in [3.63, 3.8) is 0 Å². The van der Waals surface area contributed by atoms with Crippen molar-refractivity contribution in [3.05, 3.63) is 72.5 Å². The molecule has 0 saturated carbocycles. The second kappa shape index (κ2) is 6.60. The molecule has 0 aliphatic carbocycles. The van der Waals surface area contributed by atoms with Gasteiger partial charge in [0.2, 0.25) is 0 Å². The predicted molar refractivity (Wildman–Crippen MR) is 93.9 cm³/mol. The lowest BCUT2D eigenvalue weighted by Crippen LogP contribution is -2.35. The first-order valence-electron chi connectivity index (χ1n) is 7.69. The molecule has 0 amide bonds. The van der Waals surface area contributed by atoms with Crippen LogP contribution in [0.15, 0.2) is 45.1 Å². The number of carbonyl (C=O) groups is 1. The highest BCUT2D eigenvalue weighted by molar-refractivity contribution is 6.31. The number of nitrogens with one attached hydrogen (secondary N) is 3. The van der Waals surface area contributed by atoms with Crippen LogP contribution < -0.4 is 16.6 Å². The Kier molecular flexibility index (Phi) is 4.50. The zero-order chi connectivity index (χ0) is 18.1. The van der Waals surface area contributed by atoms with Crippen molar-refractivity contribution in [2.45, 2.75) is 19.8 Å². The predicted octanol–water partition coefficient (Wildman–Crippen LogP) is 2.11. The number of hydrogen-bond donors (Lipinski definition) is 3. The van der Waals surface area contributed by atoms with E-state index in [-0.39, 0.29) is 23.6 Å². The molecule has 1 aromatic carbocycles. The third-order valence-electron chi connectivity index (χ3n) is 3.98. The summed E-state index contributed by atoms with van der Waals surface area (Å²) in [5.74, 6) is -1.07. The van der Waals surface area contributed by atoms with Crippen LogP contribution in [-0.4, -0.2) is 22.5 Å². The minimum Gasteiger partial charge on any atom is -0.463 e. The minimum absolute atomic E-state index is 0.194. The van der Waals surface area contributed by atoms with E-state index in [1.807, 2.05) is 0 Å². The van der Waals surface area contributed by atoms with Crippen molar-refractivity contribution in [1.29, 1.82) is 0 Å². The molecular formula is C17H16ClN3O4. The number of rotatable bonds is 3. The molecule has 3 rings (SSSR count). The molecule has 25 heavy (non-hydrogen) atoms. The van der Waals surface area contributed by atoms with Gasteiger partial charge in [0, 0.05) is 10.7 Å². The summed E-state index contributed by atoms with van der Waals surface area (Å²) < 4.78 is 5.16. The van der Waals surface area contributed by atoms with Crippen LogP contribution in [-0.2, 0) is 9.53 Å². The molecule has 3 N–H and O–H groups in total. The Labute approximate surface area is 147 Å². The van der Waals surface area contributed by atoms with Crippen molar-refractivity contribution >= 4 is 23.4 Å². The summed E-state index contributed by atoms with van der Waals surface area (Å²) in [7, 11) is 0. The molecule has 1 aliphatic heterocycles. The summed E-state index contributed by atoms with van der Waals surface area (Å²) in [4.78, 5) is 41.4. The first-order valence-corrected chi connectivity index (χ1v) is 8.07. The fraction of sp³-hybridized carbons (Fsp3) is 0.235. The number of benzene rings is 1. The summed E-state index contributed by atoms with van der Waals surface area (Å²) >= 11 is 6.32. The van der Waals surface area contributed by atoms with E-state index in [0.717, 1.165) is 0 Å². The summed E-state index contributed by atoms with van der Waals surface area (Å²) in [5.41, 5.74) is 0.317. The number of fused-ring (bicyclic) bond motifs is 1. The molecule has 1 unspecified atom stereocenters. The van der Waals surface area contributed by atoms with Crippen LogP contribution in [0.1, 0.15) is 30.9 Å². The van der Waals surface area contributed by atoms with Crippen LogP contribution in [0, 0.1) is 0 Å². The van der Waals surface area contributed by atoms with E-state index >= 15 is 0 Å². The molecule has 8 heteroatoms. The molecule has 0 radical (unpaired) electrons. The fourth-order valence-electron chi connectivity index (χ4n) is 2.99. The SMILES string of the molecule is CCOC(=O)C1=C(C)Nc2[nH]c(=O)[nH]c(=O)c2C1c1ccccc1Cl. The smallest absolute Gasteiger partial charge is 0.336 e. The zero-order valence-corrected chi connectivity index (χ0v) is 14.4. The van der Waals surface area contributed by atoms with Crippen molar-refractivity contribution in [2.75, 3.05) is 11.9 Å². The lowest BCUT2D eigenvalue weighted by molar-refractivity contribution is -0.138. The molecule has 1 atom stereocenters. The Morgan fingerprint density at radius 1 is 1.24 bits per heavy atom. The van der Waals surface area contributed by atoms with Crippen molar-refractivity contribution in [2.24, 2.45) is 0 Å². The minimum atomic E-state index is -0.760. The maximum absolute atomic E-state index is 12.5. The molecule has 1 aliphatic rings. The number of ether oxygens (including phenoxy) is 1. The van der Waals surface area contributed by atoms with Crippen molar-refractivity contribution in [1.82, 2.24) is 9.97 Å². The summed E-state index contributed by atoms with van der Waals surface area (Å²) in [5, 5.41) is 3.31. The Morgan fingerprint density at radius 3 is 2.64 bits per heavy atom. The molecule has 0 bridgehead atoms. The van der Waals surface area contributed by atoms with Gasteiger partial charge in [-0.15, -0.1) is 0 Å². The van der Waals surface area contributed by atoms with Gasteiger partial charge in [-0.3, -0.25) is 14.8 Å². The highest BCUT2D eigenvalue weighted by Gasteiger charge is 2.36. The molecule has 1 aromatic heterocycles. The largest absolute Gasteiger partial charge is 0.463 e. The quantitative estimate of drug-likeness (QED) is 0.726. The van der Waals surface area contributed by atoms with Crippen LogP contribution in [0.4, 0.5) is 5.82 Å². The third kappa shape index (κ3) is 2.98. The lowest BCUT2D eigenvalue weighted by atomic mass is 9.82. The zero-order valence-electron chi connectivity index (χ0n) is 13.6. The van der Waals surface area contributed by atoms with Crippen molar-refractivity contribution in [3.8, 4) is 0 Å². The van der Waals surface area contributed by atoms with Gasteiger partial charge < -0.3 is 10.1 Å². The van der Waals surface area contributed by atoms with Gasteiger partial charge >= 0.3 is 11.7 Å². The van der Waals surface area contributed by atoms with Gasteiger partial charge in [-0.1, -0.05) is 29.8 Å². The molecule has 7 nitrogen and oxygen atoms in total. The molecule has 2 aromatic rings. The second-order valence-electron chi connectivity index (χ2n) is 5.54. The number of halogens is 1. The molecule has 0 saturated heterocycles. The van der Waals surface area contributed by atoms with Crippen LogP contribution in [0.25, 0.3) is 0 Å². The maximum Gasteiger partial charge on any atom is 0.336 e. The number of carbonyl (C=O) groups excluding carboxylic acids is 1. The van der Waals surface area contributed by atoms with E-state index < -0.39 is 23.1 Å². The van der Waals surface area contributed by atoms with Crippen LogP contribution in [0.2, 0.25) is 5.02 Å². The van der Waals surface area contributed by atoms with E-state index in [1.54, 1.807) is 38.1 Å². The number of esters is 1. The monoisotopic (exact) mass is 361 g/mol.